The fraction of sp³-hybridized carbons (Fsp3) is 0.571. The van der Waals surface area contributed by atoms with Crippen LogP contribution in [-0.2, 0) is 0 Å². The summed E-state index contributed by atoms with van der Waals surface area (Å²) in [6.07, 6.45) is 0. The van der Waals surface area contributed by atoms with Crippen LogP contribution in [0.5, 0.6) is 0 Å². The van der Waals surface area contributed by atoms with Crippen LogP contribution in [-0.4, -0.2) is 37.0 Å². The minimum Gasteiger partial charge on any atom is -0.384 e. The molecule has 0 fully saturated rings. The van der Waals surface area contributed by atoms with Gasteiger partial charge in [-0.2, -0.15) is 0 Å². The molecule has 19 heavy (non-hydrogen) atoms. The Morgan fingerprint density at radius 2 is 1.95 bits per heavy atom. The van der Waals surface area contributed by atoms with Crippen LogP contribution in [0.1, 0.15) is 19.4 Å². The predicted octanol–water partition coefficient (Wildman–Crippen LogP) is 2.90. The lowest BCUT2D eigenvalue weighted by molar-refractivity contribution is -0.384. The van der Waals surface area contributed by atoms with Crippen LogP contribution in [0.2, 0.25) is 0 Å². The maximum absolute atomic E-state index is 10.8. The van der Waals surface area contributed by atoms with Crippen LogP contribution in [0.25, 0.3) is 0 Å². The summed E-state index contributed by atoms with van der Waals surface area (Å²) in [5, 5.41) is 14.1. The molecule has 1 aromatic rings. The van der Waals surface area contributed by atoms with Gasteiger partial charge < -0.3 is 10.2 Å². The van der Waals surface area contributed by atoms with E-state index >= 15 is 0 Å². The summed E-state index contributed by atoms with van der Waals surface area (Å²) >= 11 is 0. The van der Waals surface area contributed by atoms with Crippen molar-refractivity contribution in [2.75, 3.05) is 32.5 Å². The van der Waals surface area contributed by atoms with Gasteiger partial charge >= 0.3 is 0 Å². The molecule has 0 saturated heterocycles. The molecule has 0 aliphatic carbocycles. The van der Waals surface area contributed by atoms with Gasteiger partial charge in [0.1, 0.15) is 0 Å². The third-order valence-electron chi connectivity index (χ3n) is 2.79. The molecule has 0 spiro atoms. The SMILES string of the molecule is Cc1cc(NCC(C)(C)CN(C)C)cc([N+](=O)[O-])c1. The summed E-state index contributed by atoms with van der Waals surface area (Å²) in [7, 11) is 4.08. The lowest BCUT2D eigenvalue weighted by Gasteiger charge is -2.28. The smallest absolute Gasteiger partial charge is 0.271 e. The highest BCUT2D eigenvalue weighted by atomic mass is 16.6. The second kappa shape index (κ2) is 6.02. The maximum atomic E-state index is 10.8. The van der Waals surface area contributed by atoms with Gasteiger partial charge in [0.25, 0.3) is 5.69 Å². The van der Waals surface area contributed by atoms with E-state index in [1.807, 2.05) is 27.1 Å². The van der Waals surface area contributed by atoms with Gasteiger partial charge in [0.05, 0.1) is 4.92 Å². The number of nitro benzene ring substituents is 1. The number of aryl methyl sites for hydroxylation is 1. The molecule has 1 rings (SSSR count). The average Bonchev–Trinajstić information content (AvgIpc) is 2.24. The molecule has 1 N–H and O–H groups in total. The van der Waals surface area contributed by atoms with Crippen molar-refractivity contribution in [3.8, 4) is 0 Å². The Balaban J connectivity index is 2.75. The van der Waals surface area contributed by atoms with Crippen molar-refractivity contribution in [3.63, 3.8) is 0 Å². The molecule has 5 nitrogen and oxygen atoms in total. The van der Waals surface area contributed by atoms with E-state index in [0.717, 1.165) is 24.3 Å². The first-order valence-electron chi connectivity index (χ1n) is 6.34. The van der Waals surface area contributed by atoms with Crippen molar-refractivity contribution in [2.24, 2.45) is 5.41 Å². The van der Waals surface area contributed by atoms with E-state index < -0.39 is 0 Å². The molecule has 0 saturated carbocycles. The van der Waals surface area contributed by atoms with Crippen molar-refractivity contribution in [2.45, 2.75) is 20.8 Å². The lowest BCUT2D eigenvalue weighted by atomic mass is 9.93. The van der Waals surface area contributed by atoms with Crippen molar-refractivity contribution in [1.82, 2.24) is 4.90 Å². The number of nitrogens with zero attached hydrogens (tertiary/aromatic N) is 2. The zero-order chi connectivity index (χ0) is 14.6. The summed E-state index contributed by atoms with van der Waals surface area (Å²) in [4.78, 5) is 12.6. The molecule has 0 bridgehead atoms. The van der Waals surface area contributed by atoms with Gasteiger partial charge in [-0.15, -0.1) is 0 Å². The molecule has 0 unspecified atom stereocenters. The van der Waals surface area contributed by atoms with Crippen LogP contribution in [0.3, 0.4) is 0 Å². The zero-order valence-electron chi connectivity index (χ0n) is 12.4. The highest BCUT2D eigenvalue weighted by molar-refractivity contribution is 5.53. The molecule has 0 atom stereocenters. The number of nitrogens with one attached hydrogen (secondary N) is 1. The monoisotopic (exact) mass is 265 g/mol. The maximum Gasteiger partial charge on any atom is 0.271 e. The van der Waals surface area contributed by atoms with E-state index in [1.54, 1.807) is 12.1 Å². The summed E-state index contributed by atoms with van der Waals surface area (Å²) in [5.74, 6) is 0. The fourth-order valence-electron chi connectivity index (χ4n) is 2.22. The molecule has 0 radical (unpaired) electrons. The van der Waals surface area contributed by atoms with Gasteiger partial charge in [-0.25, -0.2) is 0 Å². The summed E-state index contributed by atoms with van der Waals surface area (Å²) in [5.41, 5.74) is 1.93. The topological polar surface area (TPSA) is 58.4 Å². The molecule has 106 valence electrons. The van der Waals surface area contributed by atoms with E-state index in [2.05, 4.69) is 24.1 Å². The van der Waals surface area contributed by atoms with E-state index in [9.17, 15) is 10.1 Å². The van der Waals surface area contributed by atoms with Crippen LogP contribution >= 0.6 is 0 Å². The van der Waals surface area contributed by atoms with Crippen LogP contribution < -0.4 is 5.32 Å². The molecule has 0 aromatic heterocycles. The summed E-state index contributed by atoms with van der Waals surface area (Å²) in [6, 6.07) is 5.09. The van der Waals surface area contributed by atoms with Gasteiger partial charge in [0.2, 0.25) is 0 Å². The van der Waals surface area contributed by atoms with Crippen LogP contribution in [0.15, 0.2) is 18.2 Å². The molecule has 5 heteroatoms. The molecular formula is C14H23N3O2. The highest BCUT2D eigenvalue weighted by Crippen LogP contribution is 2.23. The minimum absolute atomic E-state index is 0.0992. The number of rotatable bonds is 6. The molecular weight excluding hydrogens is 242 g/mol. The van der Waals surface area contributed by atoms with Crippen molar-refractivity contribution in [3.05, 3.63) is 33.9 Å². The van der Waals surface area contributed by atoms with E-state index in [1.165, 1.54) is 0 Å². The molecule has 1 aromatic carbocycles. The first-order chi connectivity index (χ1) is 8.69. The number of nitro groups is 1. The van der Waals surface area contributed by atoms with Crippen LogP contribution in [0.4, 0.5) is 11.4 Å². The summed E-state index contributed by atoms with van der Waals surface area (Å²) < 4.78 is 0. The Labute approximate surface area is 114 Å². The largest absolute Gasteiger partial charge is 0.384 e. The number of hydrogen-bond donors (Lipinski definition) is 1. The second-order valence-corrected chi connectivity index (χ2v) is 6.07. The van der Waals surface area contributed by atoms with Gasteiger partial charge in [0.15, 0.2) is 0 Å². The average molecular weight is 265 g/mol. The standard InChI is InChI=1S/C14H23N3O2/c1-11-6-12(8-13(7-11)17(18)19)15-9-14(2,3)10-16(4)5/h6-8,15H,9-10H2,1-5H3. The number of benzene rings is 1. The predicted molar refractivity (Wildman–Crippen MR) is 78.7 cm³/mol. The second-order valence-electron chi connectivity index (χ2n) is 6.07. The Bertz CT molecular complexity index is 456. The van der Waals surface area contributed by atoms with Gasteiger partial charge in [-0.05, 0) is 38.1 Å². The van der Waals surface area contributed by atoms with Crippen molar-refractivity contribution < 1.29 is 4.92 Å². The van der Waals surface area contributed by atoms with E-state index in [-0.39, 0.29) is 16.0 Å². The molecule has 0 aliphatic heterocycles. The van der Waals surface area contributed by atoms with Crippen LogP contribution in [0, 0.1) is 22.5 Å². The molecule has 0 heterocycles. The normalized spacial score (nSPS) is 11.7. The van der Waals surface area contributed by atoms with E-state index in [0.29, 0.717) is 0 Å². The first-order valence-corrected chi connectivity index (χ1v) is 6.34. The third kappa shape index (κ3) is 5.26. The Morgan fingerprint density at radius 1 is 1.32 bits per heavy atom. The Kier molecular flexibility index (Phi) is 4.89. The Morgan fingerprint density at radius 3 is 2.47 bits per heavy atom. The van der Waals surface area contributed by atoms with Gasteiger partial charge in [0, 0.05) is 30.9 Å². The fourth-order valence-corrected chi connectivity index (χ4v) is 2.22. The molecule has 0 amide bonds. The number of non-ortho nitro benzene ring substituents is 1. The zero-order valence-corrected chi connectivity index (χ0v) is 12.4. The summed E-state index contributed by atoms with van der Waals surface area (Å²) in [6.45, 7) is 7.93. The van der Waals surface area contributed by atoms with Crippen molar-refractivity contribution >= 4 is 11.4 Å². The quantitative estimate of drug-likeness (QED) is 0.634. The highest BCUT2D eigenvalue weighted by Gasteiger charge is 2.19. The number of hydrogen-bond acceptors (Lipinski definition) is 4. The third-order valence-corrected chi connectivity index (χ3v) is 2.79. The minimum atomic E-state index is -0.358. The first kappa shape index (κ1) is 15.4. The van der Waals surface area contributed by atoms with E-state index in [4.69, 9.17) is 0 Å². The van der Waals surface area contributed by atoms with Gasteiger partial charge in [-0.3, -0.25) is 10.1 Å². The number of anilines is 1. The Hall–Kier alpha value is -1.62. The molecule has 0 aliphatic rings. The van der Waals surface area contributed by atoms with Crippen molar-refractivity contribution in [1.29, 1.82) is 0 Å². The lowest BCUT2D eigenvalue weighted by Crippen LogP contribution is -2.34. The van der Waals surface area contributed by atoms with Gasteiger partial charge in [-0.1, -0.05) is 13.8 Å².